The molecule has 16 heavy (non-hydrogen) atoms. The Morgan fingerprint density at radius 3 is 2.75 bits per heavy atom. The highest BCUT2D eigenvalue weighted by Crippen LogP contribution is 2.34. The average molecular weight is 304 g/mol. The molecule has 2 rings (SSSR count). The number of fused-ring (bicyclic) bond motifs is 1. The summed E-state index contributed by atoms with van der Waals surface area (Å²) in [7, 11) is -3.18. The number of halogens is 1. The van der Waals surface area contributed by atoms with Crippen LogP contribution >= 0.6 is 15.9 Å². The van der Waals surface area contributed by atoms with E-state index >= 15 is 0 Å². The van der Waals surface area contributed by atoms with Crippen molar-refractivity contribution in [3.05, 3.63) is 22.7 Å². The van der Waals surface area contributed by atoms with Crippen LogP contribution in [0.3, 0.4) is 0 Å². The first-order valence-electron chi connectivity index (χ1n) is 5.20. The first kappa shape index (κ1) is 11.9. The van der Waals surface area contributed by atoms with Gasteiger partial charge in [-0.15, -0.1) is 0 Å². The molecule has 0 spiro atoms. The lowest BCUT2D eigenvalue weighted by molar-refractivity contribution is 0.533. The summed E-state index contributed by atoms with van der Waals surface area (Å²) >= 11 is 3.34. The van der Waals surface area contributed by atoms with Crippen molar-refractivity contribution in [2.24, 2.45) is 5.92 Å². The smallest absolute Gasteiger partial charge is 0.185 e. The molecule has 0 aliphatic carbocycles. The Bertz CT molecular complexity index is 511. The van der Waals surface area contributed by atoms with Crippen LogP contribution < -0.4 is 5.32 Å². The standard InChI is InChI=1S/C11H14BrNO2S/c1-7(2)11-6-13-9-5-8(12)3-4-10(9)16(11,14)15/h3-5,7,11,13H,6H2,1-2H3. The summed E-state index contributed by atoms with van der Waals surface area (Å²) in [4.78, 5) is 0.417. The fraction of sp³-hybridized carbons (Fsp3) is 0.455. The first-order chi connectivity index (χ1) is 7.43. The van der Waals surface area contributed by atoms with E-state index in [0.717, 1.165) is 4.47 Å². The molecule has 0 aromatic heterocycles. The monoisotopic (exact) mass is 303 g/mol. The Hall–Kier alpha value is -0.550. The fourth-order valence-corrected chi connectivity index (χ4v) is 4.37. The van der Waals surface area contributed by atoms with Gasteiger partial charge in [0.05, 0.1) is 15.8 Å². The van der Waals surface area contributed by atoms with E-state index in [-0.39, 0.29) is 11.2 Å². The molecular formula is C11H14BrNO2S. The summed E-state index contributed by atoms with van der Waals surface area (Å²) in [6.07, 6.45) is 0. The first-order valence-corrected chi connectivity index (χ1v) is 7.54. The van der Waals surface area contributed by atoms with Crippen molar-refractivity contribution in [3.8, 4) is 0 Å². The minimum absolute atomic E-state index is 0.120. The molecule has 5 heteroatoms. The van der Waals surface area contributed by atoms with E-state index in [1.165, 1.54) is 0 Å². The van der Waals surface area contributed by atoms with Crippen molar-refractivity contribution in [2.45, 2.75) is 24.0 Å². The predicted molar refractivity (Wildman–Crippen MR) is 68.4 cm³/mol. The summed E-state index contributed by atoms with van der Waals surface area (Å²) < 4.78 is 25.5. The highest BCUT2D eigenvalue weighted by Gasteiger charge is 2.35. The maximum atomic E-state index is 12.3. The average Bonchev–Trinajstić information content (AvgIpc) is 2.15. The van der Waals surface area contributed by atoms with E-state index < -0.39 is 9.84 Å². The maximum Gasteiger partial charge on any atom is 0.185 e. The molecule has 1 aromatic rings. The van der Waals surface area contributed by atoms with Crippen molar-refractivity contribution in [3.63, 3.8) is 0 Å². The Kier molecular flexibility index (Phi) is 3.01. The molecular weight excluding hydrogens is 290 g/mol. The van der Waals surface area contributed by atoms with Gasteiger partial charge >= 0.3 is 0 Å². The van der Waals surface area contributed by atoms with Crippen LogP contribution in [0.5, 0.6) is 0 Å². The summed E-state index contributed by atoms with van der Waals surface area (Å²) in [6, 6.07) is 5.24. The molecule has 0 fully saturated rings. The zero-order valence-electron chi connectivity index (χ0n) is 9.20. The number of benzene rings is 1. The number of anilines is 1. The molecule has 1 aliphatic heterocycles. The number of rotatable bonds is 1. The van der Waals surface area contributed by atoms with Crippen LogP contribution in [0.25, 0.3) is 0 Å². The molecule has 88 valence electrons. The van der Waals surface area contributed by atoms with Crippen LogP contribution in [0.1, 0.15) is 13.8 Å². The number of nitrogens with one attached hydrogen (secondary N) is 1. The zero-order valence-corrected chi connectivity index (χ0v) is 11.6. The minimum atomic E-state index is -3.18. The van der Waals surface area contributed by atoms with Gasteiger partial charge in [0, 0.05) is 11.0 Å². The van der Waals surface area contributed by atoms with Gasteiger partial charge in [0.15, 0.2) is 9.84 Å². The lowest BCUT2D eigenvalue weighted by Crippen LogP contribution is -2.38. The predicted octanol–water partition coefficient (Wildman–Crippen LogP) is 2.67. The topological polar surface area (TPSA) is 46.2 Å². The van der Waals surface area contributed by atoms with Gasteiger partial charge in [-0.2, -0.15) is 0 Å². The van der Waals surface area contributed by atoms with Crippen LogP contribution in [0, 0.1) is 5.92 Å². The SMILES string of the molecule is CC(C)C1CNc2cc(Br)ccc2S1(=O)=O. The molecule has 1 heterocycles. The molecule has 1 unspecified atom stereocenters. The third-order valence-electron chi connectivity index (χ3n) is 2.88. The van der Waals surface area contributed by atoms with Crippen molar-refractivity contribution in [1.29, 1.82) is 0 Å². The maximum absolute atomic E-state index is 12.3. The van der Waals surface area contributed by atoms with Gasteiger partial charge in [-0.3, -0.25) is 0 Å². The van der Waals surface area contributed by atoms with E-state index in [4.69, 9.17) is 0 Å². The Balaban J connectivity index is 2.56. The summed E-state index contributed by atoms with van der Waals surface area (Å²) in [5.41, 5.74) is 0.700. The van der Waals surface area contributed by atoms with Gasteiger partial charge in [-0.25, -0.2) is 8.42 Å². The molecule has 0 amide bonds. The van der Waals surface area contributed by atoms with Crippen molar-refractivity contribution >= 4 is 31.5 Å². The summed E-state index contributed by atoms with van der Waals surface area (Å²) in [5.74, 6) is 0.120. The molecule has 0 saturated heterocycles. The quantitative estimate of drug-likeness (QED) is 0.867. The number of sulfone groups is 1. The largest absolute Gasteiger partial charge is 0.383 e. The number of hydrogen-bond acceptors (Lipinski definition) is 3. The van der Waals surface area contributed by atoms with E-state index in [9.17, 15) is 8.42 Å². The summed E-state index contributed by atoms with van der Waals surface area (Å²) in [5, 5.41) is 2.85. The van der Waals surface area contributed by atoms with E-state index in [0.29, 0.717) is 17.1 Å². The van der Waals surface area contributed by atoms with E-state index in [2.05, 4.69) is 21.2 Å². The van der Waals surface area contributed by atoms with Crippen LogP contribution in [-0.2, 0) is 9.84 Å². The van der Waals surface area contributed by atoms with Crippen LogP contribution in [0.4, 0.5) is 5.69 Å². The third kappa shape index (κ3) is 1.86. The van der Waals surface area contributed by atoms with Crippen molar-refractivity contribution < 1.29 is 8.42 Å². The molecule has 3 nitrogen and oxygen atoms in total. The molecule has 0 radical (unpaired) electrons. The molecule has 1 N–H and O–H groups in total. The Morgan fingerprint density at radius 2 is 2.12 bits per heavy atom. The van der Waals surface area contributed by atoms with Gasteiger partial charge in [0.2, 0.25) is 0 Å². The van der Waals surface area contributed by atoms with Crippen LogP contribution in [-0.4, -0.2) is 20.2 Å². The molecule has 1 atom stereocenters. The van der Waals surface area contributed by atoms with Crippen molar-refractivity contribution in [2.75, 3.05) is 11.9 Å². The van der Waals surface area contributed by atoms with Crippen LogP contribution in [0.15, 0.2) is 27.6 Å². The zero-order chi connectivity index (χ0) is 11.9. The van der Waals surface area contributed by atoms with E-state index in [1.54, 1.807) is 12.1 Å². The van der Waals surface area contributed by atoms with Gasteiger partial charge in [-0.05, 0) is 24.1 Å². The van der Waals surface area contributed by atoms with Gasteiger partial charge < -0.3 is 5.32 Å². The van der Waals surface area contributed by atoms with Gasteiger partial charge in [-0.1, -0.05) is 29.8 Å². The second-order valence-electron chi connectivity index (χ2n) is 4.35. The van der Waals surface area contributed by atoms with Crippen LogP contribution in [0.2, 0.25) is 0 Å². The Labute approximate surface area is 104 Å². The second kappa shape index (κ2) is 4.04. The van der Waals surface area contributed by atoms with E-state index in [1.807, 2.05) is 19.9 Å². The highest BCUT2D eigenvalue weighted by atomic mass is 79.9. The molecule has 0 bridgehead atoms. The third-order valence-corrected chi connectivity index (χ3v) is 5.85. The van der Waals surface area contributed by atoms with Gasteiger partial charge in [0.25, 0.3) is 0 Å². The minimum Gasteiger partial charge on any atom is -0.383 e. The molecule has 1 aromatic carbocycles. The molecule has 0 saturated carbocycles. The second-order valence-corrected chi connectivity index (χ2v) is 7.40. The van der Waals surface area contributed by atoms with Crippen molar-refractivity contribution in [1.82, 2.24) is 0 Å². The number of hydrogen-bond donors (Lipinski definition) is 1. The molecule has 1 aliphatic rings. The Morgan fingerprint density at radius 1 is 1.44 bits per heavy atom. The lowest BCUT2D eigenvalue weighted by Gasteiger charge is -2.28. The lowest BCUT2D eigenvalue weighted by atomic mass is 10.1. The normalized spacial score (nSPS) is 22.6. The fourth-order valence-electron chi connectivity index (χ4n) is 1.97. The highest BCUT2D eigenvalue weighted by molar-refractivity contribution is 9.10. The summed E-state index contributed by atoms with van der Waals surface area (Å²) in [6.45, 7) is 4.37. The van der Waals surface area contributed by atoms with Gasteiger partial charge in [0.1, 0.15) is 0 Å².